The second-order valence-corrected chi connectivity index (χ2v) is 6.76. The van der Waals surface area contributed by atoms with Crippen molar-refractivity contribution in [2.45, 2.75) is 13.5 Å². The molecule has 2 aromatic rings. The summed E-state index contributed by atoms with van der Waals surface area (Å²) in [6.45, 7) is 2.69. The molecule has 0 atom stereocenters. The highest BCUT2D eigenvalue weighted by Crippen LogP contribution is 2.23. The molecular formula is C12H12BrN3S2. The molecule has 0 aliphatic heterocycles. The second kappa shape index (κ2) is 5.77. The van der Waals surface area contributed by atoms with Gasteiger partial charge in [0.15, 0.2) is 0 Å². The minimum absolute atomic E-state index is 0.371. The van der Waals surface area contributed by atoms with E-state index in [1.807, 2.05) is 19.1 Å². The van der Waals surface area contributed by atoms with E-state index in [4.69, 9.17) is 18.0 Å². The first-order chi connectivity index (χ1) is 8.58. The lowest BCUT2D eigenvalue weighted by molar-refractivity contribution is 1.13. The quantitative estimate of drug-likeness (QED) is 0.836. The highest BCUT2D eigenvalue weighted by atomic mass is 79.9. The summed E-state index contributed by atoms with van der Waals surface area (Å²) >= 11 is 10.2. The van der Waals surface area contributed by atoms with Crippen LogP contribution in [-0.2, 0) is 6.54 Å². The van der Waals surface area contributed by atoms with Crippen LogP contribution in [0, 0.1) is 6.92 Å². The zero-order valence-corrected chi connectivity index (χ0v) is 13.0. The van der Waals surface area contributed by atoms with Crippen LogP contribution in [0.15, 0.2) is 28.2 Å². The second-order valence-electron chi connectivity index (χ2n) is 3.78. The molecule has 0 aliphatic rings. The number of thiophene rings is 1. The van der Waals surface area contributed by atoms with E-state index in [0.717, 1.165) is 20.7 Å². The summed E-state index contributed by atoms with van der Waals surface area (Å²) in [6.07, 6.45) is 1.75. The fourth-order valence-corrected chi connectivity index (χ4v) is 3.30. The molecule has 0 saturated heterocycles. The first-order valence-corrected chi connectivity index (χ1v) is 7.33. The molecule has 0 aromatic carbocycles. The number of aryl methyl sites for hydroxylation is 1. The fourth-order valence-electron chi connectivity index (χ4n) is 1.62. The summed E-state index contributed by atoms with van der Waals surface area (Å²) < 4.78 is 1.12. The van der Waals surface area contributed by atoms with E-state index in [-0.39, 0.29) is 0 Å². The predicted octanol–water partition coefficient (Wildman–Crippen LogP) is 3.46. The van der Waals surface area contributed by atoms with Crippen LogP contribution in [-0.4, -0.2) is 9.97 Å². The zero-order chi connectivity index (χ0) is 13.1. The van der Waals surface area contributed by atoms with Crippen LogP contribution in [0.1, 0.15) is 16.0 Å². The molecular weight excluding hydrogens is 330 g/mol. The van der Waals surface area contributed by atoms with E-state index in [1.165, 1.54) is 4.88 Å². The molecule has 0 spiro atoms. The van der Waals surface area contributed by atoms with Crippen molar-refractivity contribution in [2.24, 2.45) is 5.73 Å². The van der Waals surface area contributed by atoms with Crippen molar-refractivity contribution in [3.05, 3.63) is 44.2 Å². The van der Waals surface area contributed by atoms with Crippen molar-refractivity contribution in [2.75, 3.05) is 5.32 Å². The highest BCUT2D eigenvalue weighted by molar-refractivity contribution is 9.11. The van der Waals surface area contributed by atoms with E-state index in [2.05, 4.69) is 32.3 Å². The van der Waals surface area contributed by atoms with Crippen molar-refractivity contribution < 1.29 is 0 Å². The molecule has 0 unspecified atom stereocenters. The van der Waals surface area contributed by atoms with Gasteiger partial charge < -0.3 is 11.1 Å². The van der Waals surface area contributed by atoms with Gasteiger partial charge in [-0.2, -0.15) is 0 Å². The molecule has 3 N–H and O–H groups in total. The van der Waals surface area contributed by atoms with Gasteiger partial charge >= 0.3 is 0 Å². The molecule has 2 rings (SSSR count). The van der Waals surface area contributed by atoms with E-state index in [9.17, 15) is 0 Å². The standard InChI is InChI=1S/C12H12BrN3S2/c1-7-4-5-15-12(10(7)11(14)17)16-6-8-2-3-9(13)18-8/h2-5H,6H2,1H3,(H2,14,17)(H,15,16). The first-order valence-electron chi connectivity index (χ1n) is 5.31. The molecule has 0 saturated carbocycles. The maximum absolute atomic E-state index is 5.74. The smallest absolute Gasteiger partial charge is 0.136 e. The van der Waals surface area contributed by atoms with Gasteiger partial charge in [-0.3, -0.25) is 0 Å². The van der Waals surface area contributed by atoms with E-state index in [0.29, 0.717) is 11.5 Å². The van der Waals surface area contributed by atoms with Crippen molar-refractivity contribution in [3.8, 4) is 0 Å². The van der Waals surface area contributed by atoms with Crippen LogP contribution in [0.5, 0.6) is 0 Å². The van der Waals surface area contributed by atoms with Gasteiger partial charge in [-0.05, 0) is 46.6 Å². The van der Waals surface area contributed by atoms with Gasteiger partial charge in [-0.25, -0.2) is 4.98 Å². The number of nitrogens with two attached hydrogens (primary N) is 1. The number of halogens is 1. The molecule has 0 radical (unpaired) electrons. The van der Waals surface area contributed by atoms with Crippen molar-refractivity contribution in [1.82, 2.24) is 4.98 Å². The number of thiocarbonyl (C=S) groups is 1. The lowest BCUT2D eigenvalue weighted by Crippen LogP contribution is -2.15. The number of hydrogen-bond donors (Lipinski definition) is 2. The lowest BCUT2D eigenvalue weighted by Gasteiger charge is -2.11. The Balaban J connectivity index is 2.19. The normalized spacial score (nSPS) is 10.3. The maximum atomic E-state index is 5.74. The van der Waals surface area contributed by atoms with Crippen LogP contribution in [0.2, 0.25) is 0 Å². The molecule has 3 nitrogen and oxygen atoms in total. The molecule has 18 heavy (non-hydrogen) atoms. The van der Waals surface area contributed by atoms with Gasteiger partial charge in [0.2, 0.25) is 0 Å². The zero-order valence-electron chi connectivity index (χ0n) is 9.74. The Labute approximate surface area is 124 Å². The van der Waals surface area contributed by atoms with Gasteiger partial charge in [-0.1, -0.05) is 12.2 Å². The number of hydrogen-bond acceptors (Lipinski definition) is 4. The van der Waals surface area contributed by atoms with Crippen molar-refractivity contribution >= 4 is 50.3 Å². The molecule has 2 heterocycles. The van der Waals surface area contributed by atoms with E-state index >= 15 is 0 Å². The molecule has 0 amide bonds. The van der Waals surface area contributed by atoms with E-state index < -0.39 is 0 Å². The molecule has 0 fully saturated rings. The molecule has 2 aromatic heterocycles. The largest absolute Gasteiger partial charge is 0.389 e. The number of nitrogens with one attached hydrogen (secondary N) is 1. The van der Waals surface area contributed by atoms with Gasteiger partial charge in [-0.15, -0.1) is 11.3 Å². The predicted molar refractivity (Wildman–Crippen MR) is 84.2 cm³/mol. The van der Waals surface area contributed by atoms with Crippen LogP contribution >= 0.6 is 39.5 Å². The maximum Gasteiger partial charge on any atom is 0.136 e. The molecule has 94 valence electrons. The third-order valence-electron chi connectivity index (χ3n) is 2.46. The van der Waals surface area contributed by atoms with Crippen molar-refractivity contribution in [1.29, 1.82) is 0 Å². The average molecular weight is 342 g/mol. The summed E-state index contributed by atoms with van der Waals surface area (Å²) in [5, 5.41) is 3.28. The topological polar surface area (TPSA) is 50.9 Å². The van der Waals surface area contributed by atoms with Crippen LogP contribution in [0.4, 0.5) is 5.82 Å². The van der Waals surface area contributed by atoms with Gasteiger partial charge in [0.05, 0.1) is 15.9 Å². The number of aromatic nitrogens is 1. The summed E-state index contributed by atoms with van der Waals surface area (Å²) in [5.74, 6) is 0.743. The Morgan fingerprint density at radius 1 is 1.50 bits per heavy atom. The van der Waals surface area contributed by atoms with Crippen LogP contribution in [0.3, 0.4) is 0 Å². The molecule has 0 bridgehead atoms. The Morgan fingerprint density at radius 3 is 2.89 bits per heavy atom. The minimum atomic E-state index is 0.371. The third kappa shape index (κ3) is 3.07. The minimum Gasteiger partial charge on any atom is -0.389 e. The van der Waals surface area contributed by atoms with Crippen molar-refractivity contribution in [3.63, 3.8) is 0 Å². The average Bonchev–Trinajstić information content (AvgIpc) is 2.72. The third-order valence-corrected chi connectivity index (χ3v) is 4.29. The van der Waals surface area contributed by atoms with Crippen LogP contribution in [0.25, 0.3) is 0 Å². The Bertz CT molecular complexity index is 580. The summed E-state index contributed by atoms with van der Waals surface area (Å²) in [6, 6.07) is 6.00. The highest BCUT2D eigenvalue weighted by Gasteiger charge is 2.09. The summed E-state index contributed by atoms with van der Waals surface area (Å²) in [5.41, 5.74) is 7.59. The number of anilines is 1. The number of nitrogens with zero attached hydrogens (tertiary/aromatic N) is 1. The van der Waals surface area contributed by atoms with Gasteiger partial charge in [0, 0.05) is 11.1 Å². The molecule has 0 aliphatic carbocycles. The van der Waals surface area contributed by atoms with E-state index in [1.54, 1.807) is 17.5 Å². The number of pyridine rings is 1. The number of rotatable bonds is 4. The SMILES string of the molecule is Cc1ccnc(NCc2ccc(Br)s2)c1C(N)=S. The lowest BCUT2D eigenvalue weighted by atomic mass is 10.1. The Kier molecular flexibility index (Phi) is 4.31. The Morgan fingerprint density at radius 2 is 2.28 bits per heavy atom. The summed E-state index contributed by atoms with van der Waals surface area (Å²) in [7, 11) is 0. The van der Waals surface area contributed by atoms with Gasteiger partial charge in [0.25, 0.3) is 0 Å². The van der Waals surface area contributed by atoms with Crippen LogP contribution < -0.4 is 11.1 Å². The first kappa shape index (κ1) is 13.5. The molecule has 6 heteroatoms. The van der Waals surface area contributed by atoms with Gasteiger partial charge in [0.1, 0.15) is 10.8 Å². The summed E-state index contributed by atoms with van der Waals surface area (Å²) in [4.78, 5) is 5.89. The Hall–Kier alpha value is -0.980. The monoisotopic (exact) mass is 341 g/mol. The fraction of sp³-hybridized carbons (Fsp3) is 0.167.